The summed E-state index contributed by atoms with van der Waals surface area (Å²) in [7, 11) is 2.14. The maximum absolute atomic E-state index is 8.57. The lowest BCUT2D eigenvalue weighted by Crippen LogP contribution is -2.26. The first-order chi connectivity index (χ1) is 12.5. The van der Waals surface area contributed by atoms with Crippen molar-refractivity contribution >= 4 is 23.2 Å². The number of nitrogens with one attached hydrogen (secondary N) is 1. The van der Waals surface area contributed by atoms with Crippen LogP contribution in [0.15, 0.2) is 54.6 Å². The molecule has 1 heterocycles. The Hall–Kier alpha value is -2.86. The van der Waals surface area contributed by atoms with E-state index in [9.17, 15) is 0 Å². The molecule has 1 aliphatic rings. The van der Waals surface area contributed by atoms with Gasteiger partial charge in [0.2, 0.25) is 5.69 Å². The number of anilines is 1. The Labute approximate surface area is 156 Å². The molecule has 2 aromatic carbocycles. The standard InChI is InChI=1S/C23H25N3/c1-23(2)20-8-4-5-9-21(20)26(3)22(23)15-12-18-10-13-19(14-11-18)25-17-7-6-16-24/h4-5,8-15H,6-7,17H2,1-3H3/p+1. The molecule has 3 rings (SSSR count). The van der Waals surface area contributed by atoms with Crippen molar-refractivity contribution in [2.75, 3.05) is 18.9 Å². The fourth-order valence-electron chi connectivity index (χ4n) is 3.59. The van der Waals surface area contributed by atoms with Gasteiger partial charge >= 0.3 is 0 Å². The van der Waals surface area contributed by atoms with Gasteiger partial charge in [0.1, 0.15) is 7.05 Å². The fraction of sp³-hybridized carbons (Fsp3) is 0.304. The molecule has 1 N–H and O–H groups in total. The van der Waals surface area contributed by atoms with E-state index in [1.807, 2.05) is 0 Å². The molecule has 2 aromatic rings. The molecule has 1 aliphatic heterocycles. The van der Waals surface area contributed by atoms with E-state index in [0.717, 1.165) is 18.7 Å². The van der Waals surface area contributed by atoms with Crippen LogP contribution in [0.2, 0.25) is 0 Å². The molecule has 0 unspecified atom stereocenters. The molecule has 0 amide bonds. The van der Waals surface area contributed by atoms with Gasteiger partial charge in [0.15, 0.2) is 5.71 Å². The van der Waals surface area contributed by atoms with Gasteiger partial charge < -0.3 is 5.32 Å². The first kappa shape index (κ1) is 17.9. The maximum atomic E-state index is 8.57. The van der Waals surface area contributed by atoms with Crippen LogP contribution in [0.25, 0.3) is 6.08 Å². The third-order valence-corrected chi connectivity index (χ3v) is 5.08. The lowest BCUT2D eigenvalue weighted by molar-refractivity contribution is -0.401. The summed E-state index contributed by atoms with van der Waals surface area (Å²) in [5.74, 6) is 0. The Kier molecular flexibility index (Phi) is 5.23. The number of benzene rings is 2. The van der Waals surface area contributed by atoms with Crippen molar-refractivity contribution in [3.8, 4) is 6.07 Å². The van der Waals surface area contributed by atoms with E-state index in [2.05, 4.69) is 97.5 Å². The first-order valence-corrected chi connectivity index (χ1v) is 9.13. The minimum atomic E-state index is 0.00405. The van der Waals surface area contributed by atoms with E-state index < -0.39 is 0 Å². The Bertz CT molecular complexity index is 880. The van der Waals surface area contributed by atoms with Crippen molar-refractivity contribution in [3.05, 3.63) is 65.7 Å². The zero-order valence-corrected chi connectivity index (χ0v) is 15.8. The molecular formula is C23H26N3+. The number of allylic oxidation sites excluding steroid dienone is 1. The second-order valence-electron chi connectivity index (χ2n) is 7.23. The summed E-state index contributed by atoms with van der Waals surface area (Å²) in [6, 6.07) is 19.2. The van der Waals surface area contributed by atoms with Crippen LogP contribution in [-0.4, -0.2) is 23.9 Å². The van der Waals surface area contributed by atoms with Gasteiger partial charge in [-0.05, 0) is 44.0 Å². The smallest absolute Gasteiger partial charge is 0.209 e. The average Bonchev–Trinajstić information content (AvgIpc) is 2.85. The lowest BCUT2D eigenvalue weighted by atomic mass is 9.81. The molecule has 0 saturated carbocycles. The molecule has 0 aliphatic carbocycles. The van der Waals surface area contributed by atoms with Crippen molar-refractivity contribution in [3.63, 3.8) is 0 Å². The molecule has 132 valence electrons. The van der Waals surface area contributed by atoms with Gasteiger partial charge in [-0.15, -0.1) is 0 Å². The predicted molar refractivity (Wildman–Crippen MR) is 109 cm³/mol. The third kappa shape index (κ3) is 3.55. The fourth-order valence-corrected chi connectivity index (χ4v) is 3.59. The summed E-state index contributed by atoms with van der Waals surface area (Å²) < 4.78 is 2.29. The Morgan fingerprint density at radius 1 is 1.08 bits per heavy atom. The van der Waals surface area contributed by atoms with Crippen molar-refractivity contribution in [1.82, 2.24) is 0 Å². The number of rotatable bonds is 6. The Morgan fingerprint density at radius 2 is 1.81 bits per heavy atom. The average molecular weight is 344 g/mol. The third-order valence-electron chi connectivity index (χ3n) is 5.08. The number of nitrogens with zero attached hydrogens (tertiary/aromatic N) is 2. The first-order valence-electron chi connectivity index (χ1n) is 9.13. The van der Waals surface area contributed by atoms with Crippen molar-refractivity contribution in [2.45, 2.75) is 32.1 Å². The van der Waals surface area contributed by atoms with Crippen LogP contribution in [0.4, 0.5) is 11.4 Å². The highest BCUT2D eigenvalue weighted by atomic mass is 15.0. The second-order valence-corrected chi connectivity index (χ2v) is 7.23. The number of hydrogen-bond acceptors (Lipinski definition) is 2. The summed E-state index contributed by atoms with van der Waals surface area (Å²) in [6.07, 6.45) is 5.88. The highest BCUT2D eigenvalue weighted by Gasteiger charge is 2.42. The van der Waals surface area contributed by atoms with Crippen LogP contribution in [0.5, 0.6) is 0 Å². The molecule has 0 aromatic heterocycles. The highest BCUT2D eigenvalue weighted by Crippen LogP contribution is 2.39. The molecule has 3 heteroatoms. The summed E-state index contributed by atoms with van der Waals surface area (Å²) in [5.41, 5.74) is 6.24. The molecule has 3 nitrogen and oxygen atoms in total. The minimum absolute atomic E-state index is 0.00405. The van der Waals surface area contributed by atoms with Crippen LogP contribution in [0, 0.1) is 11.3 Å². The number of unbranched alkanes of at least 4 members (excludes halogenated alkanes) is 1. The molecule has 26 heavy (non-hydrogen) atoms. The maximum Gasteiger partial charge on any atom is 0.209 e. The van der Waals surface area contributed by atoms with E-state index in [4.69, 9.17) is 5.26 Å². The Morgan fingerprint density at radius 3 is 2.50 bits per heavy atom. The van der Waals surface area contributed by atoms with Gasteiger partial charge in [0.05, 0.1) is 11.5 Å². The van der Waals surface area contributed by atoms with E-state index in [0.29, 0.717) is 6.42 Å². The number of hydrogen-bond donors (Lipinski definition) is 1. The minimum Gasteiger partial charge on any atom is -0.385 e. The lowest BCUT2D eigenvalue weighted by Gasteiger charge is -2.15. The van der Waals surface area contributed by atoms with Crippen LogP contribution in [-0.2, 0) is 5.41 Å². The summed E-state index contributed by atoms with van der Waals surface area (Å²) in [5, 5.41) is 11.9. The van der Waals surface area contributed by atoms with E-state index in [1.165, 1.54) is 22.5 Å². The number of nitriles is 1. The molecule has 0 radical (unpaired) electrons. The molecule has 0 bridgehead atoms. The Balaban J connectivity index is 1.72. The monoisotopic (exact) mass is 344 g/mol. The van der Waals surface area contributed by atoms with Gasteiger partial charge in [-0.3, -0.25) is 0 Å². The van der Waals surface area contributed by atoms with Gasteiger partial charge in [-0.25, -0.2) is 0 Å². The largest absolute Gasteiger partial charge is 0.385 e. The van der Waals surface area contributed by atoms with Crippen molar-refractivity contribution in [1.29, 1.82) is 5.26 Å². The topological polar surface area (TPSA) is 38.8 Å². The van der Waals surface area contributed by atoms with Gasteiger partial charge in [-0.1, -0.05) is 30.3 Å². The highest BCUT2D eigenvalue weighted by molar-refractivity contribution is 6.05. The molecule has 0 atom stereocenters. The SMILES string of the molecule is C[N+]1=C(/C=C/c2ccc(NCCCC#N)cc2)C(C)(C)c2ccccc21. The summed E-state index contributed by atoms with van der Waals surface area (Å²) in [4.78, 5) is 0. The zero-order chi connectivity index (χ0) is 18.6. The van der Waals surface area contributed by atoms with E-state index >= 15 is 0 Å². The van der Waals surface area contributed by atoms with Gasteiger partial charge in [-0.2, -0.15) is 9.84 Å². The molecule has 0 spiro atoms. The second kappa shape index (κ2) is 7.58. The van der Waals surface area contributed by atoms with Crippen LogP contribution in [0.3, 0.4) is 0 Å². The normalized spacial score (nSPS) is 15.2. The van der Waals surface area contributed by atoms with Crippen LogP contribution < -0.4 is 5.32 Å². The number of fused-ring (bicyclic) bond motifs is 1. The summed E-state index contributed by atoms with van der Waals surface area (Å²) >= 11 is 0. The molecule has 0 saturated heterocycles. The number of para-hydroxylation sites is 1. The van der Waals surface area contributed by atoms with Crippen LogP contribution >= 0.6 is 0 Å². The van der Waals surface area contributed by atoms with E-state index in [1.54, 1.807) is 0 Å². The van der Waals surface area contributed by atoms with Crippen molar-refractivity contribution in [2.24, 2.45) is 0 Å². The summed E-state index contributed by atoms with van der Waals surface area (Å²) in [6.45, 7) is 5.39. The van der Waals surface area contributed by atoms with Gasteiger partial charge in [0, 0.05) is 36.4 Å². The molecule has 0 fully saturated rings. The quantitative estimate of drug-likeness (QED) is 0.583. The van der Waals surface area contributed by atoms with Crippen LogP contribution in [0.1, 0.15) is 37.8 Å². The van der Waals surface area contributed by atoms with Gasteiger partial charge in [0.25, 0.3) is 0 Å². The zero-order valence-electron chi connectivity index (χ0n) is 15.8. The molecular weight excluding hydrogens is 318 g/mol. The van der Waals surface area contributed by atoms with Crippen molar-refractivity contribution < 1.29 is 4.58 Å². The predicted octanol–water partition coefficient (Wildman–Crippen LogP) is 5.12. The van der Waals surface area contributed by atoms with E-state index in [-0.39, 0.29) is 5.41 Å².